The number of fused-ring (bicyclic) bond motifs is 1. The van der Waals surface area contributed by atoms with Gasteiger partial charge in [0.05, 0.1) is 6.54 Å². The molecule has 1 amide bonds. The molecule has 0 aliphatic carbocycles. The summed E-state index contributed by atoms with van der Waals surface area (Å²) in [5.74, 6) is 2.18. The van der Waals surface area contributed by atoms with Gasteiger partial charge >= 0.3 is 0 Å². The van der Waals surface area contributed by atoms with E-state index in [0.717, 1.165) is 51.8 Å². The molecule has 3 aliphatic rings. The zero-order chi connectivity index (χ0) is 20.5. The van der Waals surface area contributed by atoms with E-state index in [-0.39, 0.29) is 30.7 Å². The Kier molecular flexibility index (Phi) is 8.33. The minimum absolute atomic E-state index is 0. The summed E-state index contributed by atoms with van der Waals surface area (Å²) in [5.41, 5.74) is 1.38. The van der Waals surface area contributed by atoms with Gasteiger partial charge in [-0.05, 0) is 24.6 Å². The van der Waals surface area contributed by atoms with E-state index in [0.29, 0.717) is 24.4 Å². The quantitative estimate of drug-likeness (QED) is 0.671. The second-order valence-corrected chi connectivity index (χ2v) is 8.83. The van der Waals surface area contributed by atoms with Gasteiger partial charge in [0.25, 0.3) is 0 Å². The zero-order valence-electron chi connectivity index (χ0n) is 18.4. The largest absolute Gasteiger partial charge is 0.341 e. The number of rotatable bonds is 4. The predicted molar refractivity (Wildman–Crippen MR) is 131 cm³/mol. The maximum absolute atomic E-state index is 13.1. The molecule has 0 unspecified atom stereocenters. The lowest BCUT2D eigenvalue weighted by molar-refractivity contribution is -0.131. The average Bonchev–Trinajstić information content (AvgIpc) is 3.32. The fourth-order valence-electron chi connectivity index (χ4n) is 5.46. The van der Waals surface area contributed by atoms with E-state index in [9.17, 15) is 4.79 Å². The minimum Gasteiger partial charge on any atom is -0.341 e. The van der Waals surface area contributed by atoms with Crippen LogP contribution in [0.5, 0.6) is 0 Å². The van der Waals surface area contributed by atoms with Gasteiger partial charge in [0.1, 0.15) is 0 Å². The molecule has 0 N–H and O–H groups in total. The standard InChI is InChI=1S/C23H30N6O.2ClH/c1-26-14-19-15-29(16-20(19)22(26)18-6-3-2-4-7-18)21(30)17-27-10-12-28(13-11-27)23-24-8-5-9-25-23;;/h2-9,19-20,22H,10-17H2,1H3;2*1H/t19-,20+,22-;;/m0../s1. The number of halogens is 2. The van der Waals surface area contributed by atoms with Crippen LogP contribution in [0.25, 0.3) is 0 Å². The second kappa shape index (κ2) is 10.8. The molecule has 5 rings (SSSR count). The molecule has 3 atom stereocenters. The van der Waals surface area contributed by atoms with Crippen molar-refractivity contribution in [2.75, 3.05) is 64.3 Å². The van der Waals surface area contributed by atoms with E-state index in [1.807, 2.05) is 6.07 Å². The number of amides is 1. The maximum Gasteiger partial charge on any atom is 0.236 e. The SMILES string of the molecule is CN1C[C@H]2CN(C(=O)CN3CCN(c4ncccn4)CC3)C[C@H]2[C@@H]1c1ccccc1.Cl.Cl. The maximum atomic E-state index is 13.1. The summed E-state index contributed by atoms with van der Waals surface area (Å²) in [6.07, 6.45) is 3.56. The Morgan fingerprint density at radius 2 is 1.62 bits per heavy atom. The van der Waals surface area contributed by atoms with Gasteiger partial charge in [0.2, 0.25) is 11.9 Å². The Balaban J connectivity index is 0.00000144. The van der Waals surface area contributed by atoms with E-state index in [1.165, 1.54) is 5.56 Å². The molecule has 9 heteroatoms. The fourth-order valence-corrected chi connectivity index (χ4v) is 5.46. The second-order valence-electron chi connectivity index (χ2n) is 8.83. The van der Waals surface area contributed by atoms with Gasteiger partial charge in [-0.1, -0.05) is 30.3 Å². The third kappa shape index (κ3) is 5.01. The van der Waals surface area contributed by atoms with E-state index in [1.54, 1.807) is 12.4 Å². The van der Waals surface area contributed by atoms with Crippen LogP contribution in [0.1, 0.15) is 11.6 Å². The number of carbonyl (C=O) groups excluding carboxylic acids is 1. The first-order chi connectivity index (χ1) is 14.7. The minimum atomic E-state index is 0. The van der Waals surface area contributed by atoms with Crippen molar-refractivity contribution in [1.29, 1.82) is 0 Å². The Morgan fingerprint density at radius 3 is 2.31 bits per heavy atom. The van der Waals surface area contributed by atoms with Gasteiger partial charge in [-0.3, -0.25) is 14.6 Å². The zero-order valence-corrected chi connectivity index (χ0v) is 20.0. The topological polar surface area (TPSA) is 55.8 Å². The lowest BCUT2D eigenvalue weighted by Crippen LogP contribution is -2.50. The monoisotopic (exact) mass is 478 g/mol. The molecule has 2 aromatic rings. The number of aromatic nitrogens is 2. The number of hydrogen-bond donors (Lipinski definition) is 0. The summed E-state index contributed by atoms with van der Waals surface area (Å²) < 4.78 is 0. The first-order valence-electron chi connectivity index (χ1n) is 11.0. The Morgan fingerprint density at radius 1 is 0.938 bits per heavy atom. The number of hydrogen-bond acceptors (Lipinski definition) is 6. The lowest BCUT2D eigenvalue weighted by Gasteiger charge is -2.35. The highest BCUT2D eigenvalue weighted by atomic mass is 35.5. The summed E-state index contributed by atoms with van der Waals surface area (Å²) in [4.78, 5) is 30.8. The van der Waals surface area contributed by atoms with E-state index >= 15 is 0 Å². The van der Waals surface area contributed by atoms with Crippen LogP contribution in [0.15, 0.2) is 48.8 Å². The first kappa shape index (κ1) is 24.7. The third-order valence-corrected chi connectivity index (χ3v) is 6.95. The molecule has 0 saturated carbocycles. The summed E-state index contributed by atoms with van der Waals surface area (Å²) in [6, 6.07) is 13.0. The normalized spacial score (nSPS) is 25.7. The molecule has 1 aromatic carbocycles. The van der Waals surface area contributed by atoms with Crippen molar-refractivity contribution < 1.29 is 4.79 Å². The smallest absolute Gasteiger partial charge is 0.236 e. The van der Waals surface area contributed by atoms with Crippen LogP contribution in [-0.4, -0.2) is 90.0 Å². The van der Waals surface area contributed by atoms with E-state index in [2.05, 4.69) is 66.9 Å². The van der Waals surface area contributed by atoms with Crippen LogP contribution >= 0.6 is 24.8 Å². The van der Waals surface area contributed by atoms with E-state index in [4.69, 9.17) is 0 Å². The fraction of sp³-hybridized carbons (Fsp3) is 0.522. The van der Waals surface area contributed by atoms with Crippen molar-refractivity contribution >= 4 is 36.7 Å². The third-order valence-electron chi connectivity index (χ3n) is 6.95. The number of anilines is 1. The van der Waals surface area contributed by atoms with Crippen LogP contribution in [0.4, 0.5) is 5.95 Å². The van der Waals surface area contributed by atoms with Gasteiger partial charge < -0.3 is 9.80 Å². The van der Waals surface area contributed by atoms with Crippen molar-refractivity contribution in [3.63, 3.8) is 0 Å². The Labute approximate surface area is 202 Å². The molecule has 32 heavy (non-hydrogen) atoms. The lowest BCUT2D eigenvalue weighted by atomic mass is 9.90. The van der Waals surface area contributed by atoms with Crippen LogP contribution in [0, 0.1) is 11.8 Å². The van der Waals surface area contributed by atoms with Gasteiger partial charge in [-0.15, -0.1) is 24.8 Å². The molecule has 174 valence electrons. The summed E-state index contributed by atoms with van der Waals surface area (Å²) in [6.45, 7) is 6.85. The highest BCUT2D eigenvalue weighted by molar-refractivity contribution is 5.85. The molecule has 0 radical (unpaired) electrons. The van der Waals surface area contributed by atoms with Crippen molar-refractivity contribution in [2.24, 2.45) is 11.8 Å². The van der Waals surface area contributed by atoms with Crippen molar-refractivity contribution in [3.05, 3.63) is 54.4 Å². The number of likely N-dealkylation sites (tertiary alicyclic amines) is 2. The van der Waals surface area contributed by atoms with Crippen LogP contribution in [0.3, 0.4) is 0 Å². The van der Waals surface area contributed by atoms with Crippen molar-refractivity contribution in [3.8, 4) is 0 Å². The van der Waals surface area contributed by atoms with Gasteiger partial charge in [-0.25, -0.2) is 9.97 Å². The van der Waals surface area contributed by atoms with Gasteiger partial charge in [-0.2, -0.15) is 0 Å². The molecule has 4 heterocycles. The number of piperazine rings is 1. The van der Waals surface area contributed by atoms with Crippen LogP contribution in [0.2, 0.25) is 0 Å². The first-order valence-corrected chi connectivity index (χ1v) is 11.0. The summed E-state index contributed by atoms with van der Waals surface area (Å²) >= 11 is 0. The molecular formula is C23H32Cl2N6O. The Bertz CT molecular complexity index is 865. The van der Waals surface area contributed by atoms with Crippen LogP contribution in [-0.2, 0) is 4.79 Å². The molecule has 3 aliphatic heterocycles. The molecule has 3 saturated heterocycles. The average molecular weight is 479 g/mol. The highest BCUT2D eigenvalue weighted by Crippen LogP contribution is 2.43. The number of carbonyl (C=O) groups is 1. The molecule has 0 spiro atoms. The molecule has 7 nitrogen and oxygen atoms in total. The van der Waals surface area contributed by atoms with Gasteiger partial charge in [0, 0.05) is 70.2 Å². The molecule has 1 aromatic heterocycles. The number of benzene rings is 1. The molecule has 3 fully saturated rings. The van der Waals surface area contributed by atoms with Crippen LogP contribution < -0.4 is 4.90 Å². The highest BCUT2D eigenvalue weighted by Gasteiger charge is 2.47. The summed E-state index contributed by atoms with van der Waals surface area (Å²) in [5, 5.41) is 0. The predicted octanol–water partition coefficient (Wildman–Crippen LogP) is 2.20. The van der Waals surface area contributed by atoms with Crippen molar-refractivity contribution in [2.45, 2.75) is 6.04 Å². The van der Waals surface area contributed by atoms with Crippen molar-refractivity contribution in [1.82, 2.24) is 24.7 Å². The Hall–Kier alpha value is -1.93. The number of nitrogens with zero attached hydrogens (tertiary/aromatic N) is 6. The summed E-state index contributed by atoms with van der Waals surface area (Å²) in [7, 11) is 2.22. The molecule has 0 bridgehead atoms. The van der Waals surface area contributed by atoms with E-state index < -0.39 is 0 Å². The molecular weight excluding hydrogens is 447 g/mol. The van der Waals surface area contributed by atoms with Gasteiger partial charge in [0.15, 0.2) is 0 Å².